The number of carbonyl (C=O) groups is 1. The molecule has 0 fully saturated rings. The SMILES string of the molecule is CC(C)(C)OC(=O)N1CCc2cc([N+](=O)[O-])cnc2C1. The van der Waals surface area contributed by atoms with Gasteiger partial charge in [0.15, 0.2) is 0 Å². The second-order valence-corrected chi connectivity index (χ2v) is 5.71. The molecule has 1 aromatic rings. The molecule has 0 saturated carbocycles. The van der Waals surface area contributed by atoms with Gasteiger partial charge in [0, 0.05) is 12.6 Å². The Morgan fingerprint density at radius 3 is 2.80 bits per heavy atom. The number of fused-ring (bicyclic) bond motifs is 1. The number of nitro groups is 1. The molecule has 2 rings (SSSR count). The lowest BCUT2D eigenvalue weighted by Gasteiger charge is -2.30. The minimum Gasteiger partial charge on any atom is -0.444 e. The van der Waals surface area contributed by atoms with Gasteiger partial charge in [-0.25, -0.2) is 4.79 Å². The van der Waals surface area contributed by atoms with E-state index in [0.29, 0.717) is 25.2 Å². The molecule has 2 heterocycles. The molecule has 0 unspecified atom stereocenters. The summed E-state index contributed by atoms with van der Waals surface area (Å²) in [6, 6.07) is 1.52. The molecule has 1 aliphatic rings. The van der Waals surface area contributed by atoms with E-state index in [2.05, 4.69) is 4.98 Å². The first-order valence-electron chi connectivity index (χ1n) is 6.36. The highest BCUT2D eigenvalue weighted by Gasteiger charge is 2.27. The van der Waals surface area contributed by atoms with Crippen LogP contribution in [0.4, 0.5) is 10.5 Å². The molecule has 7 nitrogen and oxygen atoms in total. The van der Waals surface area contributed by atoms with E-state index in [1.165, 1.54) is 12.3 Å². The monoisotopic (exact) mass is 279 g/mol. The largest absolute Gasteiger partial charge is 0.444 e. The molecule has 0 N–H and O–H groups in total. The highest BCUT2D eigenvalue weighted by atomic mass is 16.6. The van der Waals surface area contributed by atoms with Crippen molar-refractivity contribution in [2.24, 2.45) is 0 Å². The predicted molar refractivity (Wildman–Crippen MR) is 71.2 cm³/mol. The smallest absolute Gasteiger partial charge is 0.410 e. The molecule has 0 spiro atoms. The van der Waals surface area contributed by atoms with E-state index in [4.69, 9.17) is 4.74 Å². The van der Waals surface area contributed by atoms with E-state index in [9.17, 15) is 14.9 Å². The maximum atomic E-state index is 12.0. The molecular weight excluding hydrogens is 262 g/mol. The van der Waals surface area contributed by atoms with E-state index < -0.39 is 10.5 Å². The zero-order chi connectivity index (χ0) is 14.9. The fourth-order valence-corrected chi connectivity index (χ4v) is 1.98. The van der Waals surface area contributed by atoms with Crippen LogP contribution in [0.25, 0.3) is 0 Å². The van der Waals surface area contributed by atoms with Crippen LogP contribution < -0.4 is 0 Å². The van der Waals surface area contributed by atoms with Gasteiger partial charge in [0.2, 0.25) is 0 Å². The zero-order valence-corrected chi connectivity index (χ0v) is 11.8. The first-order chi connectivity index (χ1) is 9.26. The summed E-state index contributed by atoms with van der Waals surface area (Å²) in [5.74, 6) is 0. The lowest BCUT2D eigenvalue weighted by molar-refractivity contribution is -0.385. The van der Waals surface area contributed by atoms with Crippen LogP contribution in [0.5, 0.6) is 0 Å². The summed E-state index contributed by atoms with van der Waals surface area (Å²) in [5, 5.41) is 10.7. The van der Waals surface area contributed by atoms with Gasteiger partial charge in [-0.2, -0.15) is 0 Å². The van der Waals surface area contributed by atoms with Gasteiger partial charge in [-0.15, -0.1) is 0 Å². The van der Waals surface area contributed by atoms with Gasteiger partial charge in [-0.1, -0.05) is 0 Å². The Morgan fingerprint density at radius 1 is 1.50 bits per heavy atom. The van der Waals surface area contributed by atoms with Gasteiger partial charge in [-0.3, -0.25) is 15.1 Å². The van der Waals surface area contributed by atoms with Gasteiger partial charge in [-0.05, 0) is 32.8 Å². The third-order valence-electron chi connectivity index (χ3n) is 2.90. The number of hydrogen-bond donors (Lipinski definition) is 0. The van der Waals surface area contributed by atoms with Crippen LogP contribution in [0.15, 0.2) is 12.3 Å². The van der Waals surface area contributed by atoms with Crippen molar-refractivity contribution < 1.29 is 14.5 Å². The Bertz CT molecular complexity index is 551. The highest BCUT2D eigenvalue weighted by Crippen LogP contribution is 2.22. The van der Waals surface area contributed by atoms with Crippen molar-refractivity contribution >= 4 is 11.8 Å². The maximum Gasteiger partial charge on any atom is 0.410 e. The lowest BCUT2D eigenvalue weighted by Crippen LogP contribution is -2.40. The van der Waals surface area contributed by atoms with Crippen LogP contribution in [0.2, 0.25) is 0 Å². The van der Waals surface area contributed by atoms with Gasteiger partial charge < -0.3 is 9.64 Å². The van der Waals surface area contributed by atoms with Crippen molar-refractivity contribution in [2.75, 3.05) is 6.54 Å². The molecule has 0 aromatic carbocycles. The summed E-state index contributed by atoms with van der Waals surface area (Å²) in [5.41, 5.74) is 0.946. The van der Waals surface area contributed by atoms with Crippen molar-refractivity contribution in [3.63, 3.8) is 0 Å². The zero-order valence-electron chi connectivity index (χ0n) is 11.8. The second-order valence-electron chi connectivity index (χ2n) is 5.71. The molecule has 0 radical (unpaired) electrons. The molecular formula is C13H17N3O4. The number of amides is 1. The van der Waals surface area contributed by atoms with Crippen LogP contribution in [0.1, 0.15) is 32.0 Å². The average Bonchev–Trinajstić information content (AvgIpc) is 2.35. The minimum absolute atomic E-state index is 0.0190. The Labute approximate surface area is 116 Å². The van der Waals surface area contributed by atoms with Crippen molar-refractivity contribution in [2.45, 2.75) is 39.3 Å². The van der Waals surface area contributed by atoms with Crippen molar-refractivity contribution in [1.82, 2.24) is 9.88 Å². The van der Waals surface area contributed by atoms with E-state index in [1.54, 1.807) is 4.90 Å². The van der Waals surface area contributed by atoms with Crippen molar-refractivity contribution in [3.8, 4) is 0 Å². The van der Waals surface area contributed by atoms with Gasteiger partial charge >= 0.3 is 6.09 Å². The summed E-state index contributed by atoms with van der Waals surface area (Å²) in [6.07, 6.45) is 1.38. The Morgan fingerprint density at radius 2 is 2.20 bits per heavy atom. The molecule has 0 bridgehead atoms. The Kier molecular flexibility index (Phi) is 3.61. The quantitative estimate of drug-likeness (QED) is 0.581. The third-order valence-corrected chi connectivity index (χ3v) is 2.90. The number of nitrogens with zero attached hydrogens (tertiary/aromatic N) is 3. The number of rotatable bonds is 1. The maximum absolute atomic E-state index is 12.0. The summed E-state index contributed by atoms with van der Waals surface area (Å²) in [6.45, 7) is 6.23. The summed E-state index contributed by atoms with van der Waals surface area (Å²) >= 11 is 0. The molecule has 0 aliphatic carbocycles. The molecule has 7 heteroatoms. The summed E-state index contributed by atoms with van der Waals surface area (Å²) in [4.78, 5) is 27.8. The lowest BCUT2D eigenvalue weighted by atomic mass is 10.1. The predicted octanol–water partition coefficient (Wildman–Crippen LogP) is 2.28. The number of ether oxygens (including phenoxy) is 1. The molecule has 1 aromatic heterocycles. The molecule has 108 valence electrons. The molecule has 0 saturated heterocycles. The molecule has 20 heavy (non-hydrogen) atoms. The van der Waals surface area contributed by atoms with Crippen LogP contribution in [-0.4, -0.2) is 33.0 Å². The standard InChI is InChI=1S/C13H17N3O4/c1-13(2,3)20-12(17)15-5-4-9-6-10(16(18)19)7-14-11(9)8-15/h6-7H,4-5,8H2,1-3H3. The van der Waals surface area contributed by atoms with Gasteiger partial charge in [0.25, 0.3) is 5.69 Å². The van der Waals surface area contributed by atoms with Gasteiger partial charge in [0.05, 0.1) is 17.2 Å². The average molecular weight is 279 g/mol. The van der Waals surface area contributed by atoms with E-state index in [0.717, 1.165) is 5.56 Å². The summed E-state index contributed by atoms with van der Waals surface area (Å²) < 4.78 is 5.31. The van der Waals surface area contributed by atoms with Crippen molar-refractivity contribution in [1.29, 1.82) is 0 Å². The van der Waals surface area contributed by atoms with Crippen LogP contribution in [0.3, 0.4) is 0 Å². The van der Waals surface area contributed by atoms with Crippen molar-refractivity contribution in [3.05, 3.63) is 33.6 Å². The highest BCUT2D eigenvalue weighted by molar-refractivity contribution is 5.68. The Hall–Kier alpha value is -2.18. The van der Waals surface area contributed by atoms with Crippen LogP contribution in [-0.2, 0) is 17.7 Å². The number of hydrogen-bond acceptors (Lipinski definition) is 5. The molecule has 1 amide bonds. The van der Waals surface area contributed by atoms with E-state index >= 15 is 0 Å². The summed E-state index contributed by atoms with van der Waals surface area (Å²) in [7, 11) is 0. The first kappa shape index (κ1) is 14.2. The Balaban J connectivity index is 2.12. The molecule has 0 atom stereocenters. The van der Waals surface area contributed by atoms with E-state index in [1.807, 2.05) is 20.8 Å². The number of aromatic nitrogens is 1. The fourth-order valence-electron chi connectivity index (χ4n) is 1.98. The first-order valence-corrected chi connectivity index (χ1v) is 6.36. The number of carbonyl (C=O) groups excluding carboxylic acids is 1. The second kappa shape index (κ2) is 5.07. The molecule has 1 aliphatic heterocycles. The minimum atomic E-state index is -0.541. The normalized spacial score (nSPS) is 14.7. The van der Waals surface area contributed by atoms with Gasteiger partial charge in [0.1, 0.15) is 11.8 Å². The third kappa shape index (κ3) is 3.23. The van der Waals surface area contributed by atoms with Crippen LogP contribution in [0, 0.1) is 10.1 Å². The van der Waals surface area contributed by atoms with E-state index in [-0.39, 0.29) is 11.8 Å². The fraction of sp³-hybridized carbons (Fsp3) is 0.538. The number of pyridine rings is 1. The topological polar surface area (TPSA) is 85.6 Å². The van der Waals surface area contributed by atoms with Crippen LogP contribution >= 0.6 is 0 Å².